The van der Waals surface area contributed by atoms with E-state index in [1.54, 1.807) is 6.07 Å². The molecule has 0 saturated heterocycles. The van der Waals surface area contributed by atoms with Gasteiger partial charge in [-0.15, -0.1) is 0 Å². The zero-order valence-corrected chi connectivity index (χ0v) is 11.0. The number of benzene rings is 1. The van der Waals surface area contributed by atoms with Gasteiger partial charge in [0, 0.05) is 23.4 Å². The van der Waals surface area contributed by atoms with Crippen molar-refractivity contribution in [3.05, 3.63) is 52.3 Å². The third kappa shape index (κ3) is 3.23. The number of hydrogen-bond donors (Lipinski definition) is 2. The highest BCUT2D eigenvalue weighted by Crippen LogP contribution is 2.21. The fourth-order valence-corrected chi connectivity index (χ4v) is 1.81. The average molecular weight is 258 g/mol. The molecule has 2 aromatic rings. The molecule has 0 aliphatic rings. The highest BCUT2D eigenvalue weighted by molar-refractivity contribution is 5.61. The first kappa shape index (κ1) is 13.4. The van der Waals surface area contributed by atoms with Crippen LogP contribution in [0.5, 0.6) is 5.75 Å². The largest absolute Gasteiger partial charge is 0.494 e. The maximum atomic E-state index is 11.7. The average Bonchev–Trinajstić information content (AvgIpc) is 2.45. The highest BCUT2D eigenvalue weighted by atomic mass is 16.5. The fourth-order valence-electron chi connectivity index (χ4n) is 1.81. The van der Waals surface area contributed by atoms with Crippen molar-refractivity contribution in [3.63, 3.8) is 0 Å². The van der Waals surface area contributed by atoms with Crippen LogP contribution in [-0.2, 0) is 6.54 Å². The molecule has 0 saturated carbocycles. The lowest BCUT2D eigenvalue weighted by Gasteiger charge is -2.07. The first-order valence-corrected chi connectivity index (χ1v) is 6.40. The van der Waals surface area contributed by atoms with Gasteiger partial charge in [-0.3, -0.25) is 4.79 Å². The molecule has 100 valence electrons. The molecule has 0 bridgehead atoms. The molecule has 0 unspecified atom stereocenters. The summed E-state index contributed by atoms with van der Waals surface area (Å²) in [6, 6.07) is 11.3. The molecule has 3 N–H and O–H groups in total. The maximum Gasteiger partial charge on any atom is 0.252 e. The summed E-state index contributed by atoms with van der Waals surface area (Å²) in [6.45, 7) is 2.99. The summed E-state index contributed by atoms with van der Waals surface area (Å²) in [6.07, 6.45) is 0.965. The van der Waals surface area contributed by atoms with Gasteiger partial charge in [0.1, 0.15) is 5.75 Å². The molecule has 0 amide bonds. The van der Waals surface area contributed by atoms with Crippen molar-refractivity contribution in [2.75, 3.05) is 6.61 Å². The number of aromatic nitrogens is 1. The Balaban J connectivity index is 2.31. The minimum Gasteiger partial charge on any atom is -0.494 e. The summed E-state index contributed by atoms with van der Waals surface area (Å²) < 4.78 is 5.58. The van der Waals surface area contributed by atoms with Crippen LogP contribution < -0.4 is 16.0 Å². The predicted molar refractivity (Wildman–Crippen MR) is 76.2 cm³/mol. The van der Waals surface area contributed by atoms with Gasteiger partial charge >= 0.3 is 0 Å². The number of hydrogen-bond acceptors (Lipinski definition) is 3. The van der Waals surface area contributed by atoms with Crippen molar-refractivity contribution >= 4 is 0 Å². The smallest absolute Gasteiger partial charge is 0.252 e. The van der Waals surface area contributed by atoms with Crippen molar-refractivity contribution < 1.29 is 4.74 Å². The molecular formula is C15H18N2O2. The first-order valence-electron chi connectivity index (χ1n) is 6.40. The van der Waals surface area contributed by atoms with Crippen LogP contribution in [0.15, 0.2) is 41.2 Å². The number of nitrogens with two attached hydrogens (primary N) is 1. The third-order valence-corrected chi connectivity index (χ3v) is 2.83. The lowest BCUT2D eigenvalue weighted by molar-refractivity contribution is 0.317. The van der Waals surface area contributed by atoms with E-state index in [1.807, 2.05) is 30.3 Å². The maximum absolute atomic E-state index is 11.7. The van der Waals surface area contributed by atoms with Gasteiger partial charge in [-0.2, -0.15) is 0 Å². The van der Waals surface area contributed by atoms with E-state index < -0.39 is 0 Å². The first-order chi connectivity index (χ1) is 9.24. The zero-order valence-electron chi connectivity index (χ0n) is 11.0. The lowest BCUT2D eigenvalue weighted by atomic mass is 10.1. The summed E-state index contributed by atoms with van der Waals surface area (Å²) in [7, 11) is 0. The molecule has 0 atom stereocenters. The SMILES string of the molecule is CCCOc1cccc(-c2ccc(CN)c(=O)[nH]2)c1. The van der Waals surface area contributed by atoms with Crippen molar-refractivity contribution in [2.45, 2.75) is 19.9 Å². The third-order valence-electron chi connectivity index (χ3n) is 2.83. The van der Waals surface area contributed by atoms with Crippen LogP contribution in [0.25, 0.3) is 11.3 Å². The minimum atomic E-state index is -0.139. The lowest BCUT2D eigenvalue weighted by Crippen LogP contribution is -2.15. The van der Waals surface area contributed by atoms with E-state index in [-0.39, 0.29) is 12.1 Å². The number of ether oxygens (including phenoxy) is 1. The van der Waals surface area contributed by atoms with E-state index in [1.165, 1.54) is 0 Å². The van der Waals surface area contributed by atoms with E-state index in [0.29, 0.717) is 12.2 Å². The van der Waals surface area contributed by atoms with Crippen LogP contribution in [0.3, 0.4) is 0 Å². The number of aromatic amines is 1. The van der Waals surface area contributed by atoms with Crippen LogP contribution in [0.1, 0.15) is 18.9 Å². The van der Waals surface area contributed by atoms with Gasteiger partial charge in [0.2, 0.25) is 0 Å². The second-order valence-corrected chi connectivity index (χ2v) is 4.31. The standard InChI is InChI=1S/C15H18N2O2/c1-2-8-19-13-5-3-4-11(9-13)14-7-6-12(10-16)15(18)17-14/h3-7,9H,2,8,10,16H2,1H3,(H,17,18). The Bertz CT molecular complexity index is 605. The van der Waals surface area contributed by atoms with Gasteiger partial charge in [-0.25, -0.2) is 0 Å². The van der Waals surface area contributed by atoms with Gasteiger partial charge in [0.25, 0.3) is 5.56 Å². The predicted octanol–water partition coefficient (Wildman–Crippen LogP) is 2.29. The van der Waals surface area contributed by atoms with E-state index >= 15 is 0 Å². The van der Waals surface area contributed by atoms with Crippen LogP contribution in [0.4, 0.5) is 0 Å². The second-order valence-electron chi connectivity index (χ2n) is 4.31. The molecule has 4 nitrogen and oxygen atoms in total. The monoisotopic (exact) mass is 258 g/mol. The van der Waals surface area contributed by atoms with E-state index in [0.717, 1.165) is 23.4 Å². The van der Waals surface area contributed by atoms with Crippen LogP contribution in [-0.4, -0.2) is 11.6 Å². The molecule has 0 aliphatic carbocycles. The number of rotatable bonds is 5. The normalized spacial score (nSPS) is 10.4. The molecule has 0 spiro atoms. The van der Waals surface area contributed by atoms with Crippen molar-refractivity contribution in [1.82, 2.24) is 4.98 Å². The molecule has 1 aromatic heterocycles. The van der Waals surface area contributed by atoms with Gasteiger partial charge in [0.15, 0.2) is 0 Å². The molecule has 19 heavy (non-hydrogen) atoms. The van der Waals surface area contributed by atoms with Crippen LogP contribution >= 0.6 is 0 Å². The second kappa shape index (κ2) is 6.20. The van der Waals surface area contributed by atoms with Gasteiger partial charge in [-0.1, -0.05) is 25.1 Å². The van der Waals surface area contributed by atoms with Crippen molar-refractivity contribution in [2.24, 2.45) is 5.73 Å². The fraction of sp³-hybridized carbons (Fsp3) is 0.267. The van der Waals surface area contributed by atoms with E-state index in [9.17, 15) is 4.79 Å². The number of H-pyrrole nitrogens is 1. The highest BCUT2D eigenvalue weighted by Gasteiger charge is 2.03. The number of pyridine rings is 1. The molecule has 2 rings (SSSR count). The Kier molecular flexibility index (Phi) is 4.36. The minimum absolute atomic E-state index is 0.139. The van der Waals surface area contributed by atoms with Crippen LogP contribution in [0, 0.1) is 0 Å². The van der Waals surface area contributed by atoms with Crippen LogP contribution in [0.2, 0.25) is 0 Å². The Labute approximate surface area is 112 Å². The number of nitrogens with one attached hydrogen (secondary N) is 1. The zero-order chi connectivity index (χ0) is 13.7. The summed E-state index contributed by atoms with van der Waals surface area (Å²) >= 11 is 0. The molecule has 0 fully saturated rings. The van der Waals surface area contributed by atoms with Gasteiger partial charge < -0.3 is 15.5 Å². The van der Waals surface area contributed by atoms with Crippen molar-refractivity contribution in [1.29, 1.82) is 0 Å². The van der Waals surface area contributed by atoms with E-state index in [4.69, 9.17) is 10.5 Å². The molecule has 4 heteroatoms. The Hall–Kier alpha value is -2.07. The molecule has 1 aromatic carbocycles. The summed E-state index contributed by atoms with van der Waals surface area (Å²) in [5, 5.41) is 0. The Morgan fingerprint density at radius 1 is 1.26 bits per heavy atom. The summed E-state index contributed by atoms with van der Waals surface area (Å²) in [5.41, 5.74) is 7.62. The summed E-state index contributed by atoms with van der Waals surface area (Å²) in [4.78, 5) is 14.6. The summed E-state index contributed by atoms with van der Waals surface area (Å²) in [5.74, 6) is 0.808. The Morgan fingerprint density at radius 2 is 2.11 bits per heavy atom. The van der Waals surface area contributed by atoms with Gasteiger partial charge in [0.05, 0.1) is 6.61 Å². The topological polar surface area (TPSA) is 68.1 Å². The molecule has 0 radical (unpaired) electrons. The quantitative estimate of drug-likeness (QED) is 0.864. The molecular weight excluding hydrogens is 240 g/mol. The van der Waals surface area contributed by atoms with Gasteiger partial charge in [-0.05, 0) is 24.6 Å². The van der Waals surface area contributed by atoms with Crippen molar-refractivity contribution in [3.8, 4) is 17.0 Å². The molecule has 1 heterocycles. The molecule has 0 aliphatic heterocycles. The van der Waals surface area contributed by atoms with E-state index in [2.05, 4.69) is 11.9 Å². The Morgan fingerprint density at radius 3 is 2.79 bits per heavy atom.